The number of hydrogen-bond acceptors (Lipinski definition) is 6. The van der Waals surface area contributed by atoms with Gasteiger partial charge in [0.15, 0.2) is 11.8 Å². The van der Waals surface area contributed by atoms with Crippen molar-refractivity contribution in [3.8, 4) is 11.8 Å². The fourth-order valence-corrected chi connectivity index (χ4v) is 4.12. The molecule has 29 heavy (non-hydrogen) atoms. The number of likely N-dealkylation sites (N-methyl/N-ethyl adjacent to an activating group) is 1. The van der Waals surface area contributed by atoms with Gasteiger partial charge in [-0.25, -0.2) is 0 Å². The normalized spacial score (nSPS) is 18.6. The highest BCUT2D eigenvalue weighted by atomic mass is 16.5. The molecule has 0 amide bonds. The third-order valence-electron chi connectivity index (χ3n) is 5.95. The Bertz CT molecular complexity index is 689. The lowest BCUT2D eigenvalue weighted by atomic mass is 10.0. The summed E-state index contributed by atoms with van der Waals surface area (Å²) in [7, 11) is 2.11. The Hall–Kier alpha value is -1.99. The van der Waals surface area contributed by atoms with Crippen LogP contribution in [0.25, 0.3) is 0 Å². The van der Waals surface area contributed by atoms with Gasteiger partial charge in [-0.2, -0.15) is 0 Å². The van der Waals surface area contributed by atoms with Crippen LogP contribution in [0.2, 0.25) is 0 Å². The van der Waals surface area contributed by atoms with Gasteiger partial charge >= 0.3 is 5.97 Å². The Morgan fingerprint density at radius 1 is 1.03 bits per heavy atom. The summed E-state index contributed by atoms with van der Waals surface area (Å²) < 4.78 is 7.33. The maximum atomic E-state index is 12.4. The fourth-order valence-electron chi connectivity index (χ4n) is 4.12. The largest absolute Gasteiger partial charge is 0.494 e. The molecule has 162 valence electrons. The van der Waals surface area contributed by atoms with Crippen molar-refractivity contribution in [2.45, 2.75) is 58.1 Å². The summed E-state index contributed by atoms with van der Waals surface area (Å²) in [4.78, 5) is 17.0. The lowest BCUT2D eigenvalue weighted by Gasteiger charge is -2.34. The zero-order chi connectivity index (χ0) is 20.8. The molecule has 1 aliphatic heterocycles. The van der Waals surface area contributed by atoms with Gasteiger partial charge in [0.1, 0.15) is 6.10 Å². The number of hydrogen-bond donors (Lipinski definition) is 2. The van der Waals surface area contributed by atoms with Gasteiger partial charge in [0.2, 0.25) is 0 Å². The molecule has 0 radical (unpaired) electrons. The minimum atomic E-state index is -0.411. The van der Waals surface area contributed by atoms with E-state index >= 15 is 0 Å². The first-order valence-corrected chi connectivity index (χ1v) is 10.9. The van der Waals surface area contributed by atoms with Crippen LogP contribution in [-0.2, 0) is 28.9 Å². The highest BCUT2D eigenvalue weighted by Crippen LogP contribution is 2.37. The molecule has 7 nitrogen and oxygen atoms in total. The van der Waals surface area contributed by atoms with Crippen LogP contribution in [0, 0.1) is 0 Å². The average molecular weight is 406 g/mol. The summed E-state index contributed by atoms with van der Waals surface area (Å²) in [6.45, 7) is 6.78. The molecule has 1 unspecified atom stereocenters. The molecule has 1 aromatic heterocycles. The second-order valence-corrected chi connectivity index (χ2v) is 8.27. The average Bonchev–Trinajstić information content (AvgIpc) is 2.95. The molecule has 1 fully saturated rings. The quantitative estimate of drug-likeness (QED) is 0.373. The molecular formula is C22H35N3O4. The van der Waals surface area contributed by atoms with Gasteiger partial charge in [-0.1, -0.05) is 31.9 Å². The third kappa shape index (κ3) is 5.54. The second kappa shape index (κ2) is 10.2. The minimum Gasteiger partial charge on any atom is -0.494 e. The smallest absolute Gasteiger partial charge is 0.306 e. The lowest BCUT2D eigenvalue weighted by molar-refractivity contribution is -0.151. The summed E-state index contributed by atoms with van der Waals surface area (Å²) in [6, 6.07) is 0. The molecule has 2 heterocycles. The van der Waals surface area contributed by atoms with E-state index in [4.69, 9.17) is 4.74 Å². The predicted molar refractivity (Wildman–Crippen MR) is 112 cm³/mol. The molecule has 0 aromatic carbocycles. The number of unbranched alkanes of at least 4 members (excludes halogenated alkanes) is 2. The third-order valence-corrected chi connectivity index (χ3v) is 5.95. The van der Waals surface area contributed by atoms with Gasteiger partial charge < -0.3 is 19.8 Å². The van der Waals surface area contributed by atoms with Crippen molar-refractivity contribution in [1.29, 1.82) is 0 Å². The van der Waals surface area contributed by atoms with Gasteiger partial charge in [0.05, 0.1) is 6.54 Å². The number of aromatic hydroxyl groups is 2. The van der Waals surface area contributed by atoms with Crippen LogP contribution in [0.3, 0.4) is 0 Å². The molecule has 1 saturated heterocycles. The van der Waals surface area contributed by atoms with E-state index in [0.29, 0.717) is 25.8 Å². The zero-order valence-electron chi connectivity index (χ0n) is 17.8. The maximum Gasteiger partial charge on any atom is 0.306 e. The van der Waals surface area contributed by atoms with E-state index in [1.807, 2.05) is 12.2 Å². The Morgan fingerprint density at radius 3 is 2.24 bits per heavy atom. The van der Waals surface area contributed by atoms with Gasteiger partial charge in [0.25, 0.3) is 0 Å². The van der Waals surface area contributed by atoms with Gasteiger partial charge in [-0.15, -0.1) is 0 Å². The number of nitrogens with zero attached hydrogens (tertiary/aromatic N) is 3. The first-order chi connectivity index (χ1) is 14.0. The Kier molecular flexibility index (Phi) is 7.61. The van der Waals surface area contributed by atoms with Crippen LogP contribution in [0.5, 0.6) is 11.8 Å². The van der Waals surface area contributed by atoms with E-state index in [-0.39, 0.29) is 24.3 Å². The molecule has 0 bridgehead atoms. The van der Waals surface area contributed by atoms with E-state index in [1.165, 1.54) is 4.57 Å². The van der Waals surface area contributed by atoms with Crippen LogP contribution in [0.1, 0.15) is 43.7 Å². The number of rotatable bonds is 9. The first-order valence-electron chi connectivity index (χ1n) is 10.9. The van der Waals surface area contributed by atoms with E-state index in [9.17, 15) is 15.0 Å². The Labute approximate surface area is 173 Å². The lowest BCUT2D eigenvalue weighted by Crippen LogP contribution is -2.48. The van der Waals surface area contributed by atoms with E-state index < -0.39 is 6.10 Å². The molecule has 0 saturated carbocycles. The number of carbonyl (C=O) groups is 1. The number of fused-ring (bicyclic) bond motifs is 1. The molecule has 1 atom stereocenters. The van der Waals surface area contributed by atoms with E-state index in [1.54, 1.807) is 0 Å². The number of esters is 1. The Balaban J connectivity index is 1.70. The first kappa shape index (κ1) is 21.7. The van der Waals surface area contributed by atoms with Crippen molar-refractivity contribution < 1.29 is 19.7 Å². The topological polar surface area (TPSA) is 78.2 Å². The zero-order valence-corrected chi connectivity index (χ0v) is 17.8. The van der Waals surface area contributed by atoms with Crippen molar-refractivity contribution in [2.75, 3.05) is 39.8 Å². The van der Waals surface area contributed by atoms with E-state index in [0.717, 1.165) is 56.6 Å². The summed E-state index contributed by atoms with van der Waals surface area (Å²) in [5, 5.41) is 21.3. The summed E-state index contributed by atoms with van der Waals surface area (Å²) in [5.41, 5.74) is 1.55. The van der Waals surface area contributed by atoms with Crippen molar-refractivity contribution in [3.63, 3.8) is 0 Å². The number of carbonyl (C=O) groups excluding carboxylic acids is 1. The van der Waals surface area contributed by atoms with E-state index in [2.05, 4.69) is 23.8 Å². The van der Waals surface area contributed by atoms with Crippen LogP contribution in [0.4, 0.5) is 0 Å². The molecule has 2 N–H and O–H groups in total. The number of allylic oxidation sites excluding steroid dienone is 2. The molecule has 2 aliphatic rings. The summed E-state index contributed by atoms with van der Waals surface area (Å²) in [6.07, 6.45) is 8.13. The summed E-state index contributed by atoms with van der Waals surface area (Å²) >= 11 is 0. The van der Waals surface area contributed by atoms with Crippen molar-refractivity contribution in [2.24, 2.45) is 0 Å². The van der Waals surface area contributed by atoms with Gasteiger partial charge in [-0.3, -0.25) is 14.3 Å². The predicted octanol–water partition coefficient (Wildman–Crippen LogP) is 2.29. The van der Waals surface area contributed by atoms with Gasteiger partial charge in [0, 0.05) is 50.3 Å². The highest BCUT2D eigenvalue weighted by Gasteiger charge is 2.27. The van der Waals surface area contributed by atoms with Crippen LogP contribution >= 0.6 is 0 Å². The fraction of sp³-hybridized carbons (Fsp3) is 0.682. The monoisotopic (exact) mass is 405 g/mol. The van der Waals surface area contributed by atoms with Crippen LogP contribution < -0.4 is 0 Å². The second-order valence-electron chi connectivity index (χ2n) is 8.27. The summed E-state index contributed by atoms with van der Waals surface area (Å²) in [5.74, 6) is -0.0188. The van der Waals surface area contributed by atoms with Crippen molar-refractivity contribution >= 4 is 5.97 Å². The Morgan fingerprint density at radius 2 is 1.66 bits per heavy atom. The van der Waals surface area contributed by atoms with Crippen molar-refractivity contribution in [3.05, 3.63) is 23.3 Å². The van der Waals surface area contributed by atoms with Crippen LogP contribution in [0.15, 0.2) is 12.2 Å². The highest BCUT2D eigenvalue weighted by molar-refractivity contribution is 5.69. The van der Waals surface area contributed by atoms with Crippen LogP contribution in [-0.4, -0.2) is 76.4 Å². The molecule has 0 spiro atoms. The SMILES string of the molecule is CCCCCC(=O)OC(CN1CCN(C)CC1)Cn1c(O)c2c(c1O)CC=CC2. The molecular weight excluding hydrogens is 370 g/mol. The van der Waals surface area contributed by atoms with Crippen molar-refractivity contribution in [1.82, 2.24) is 14.4 Å². The molecule has 1 aromatic rings. The number of piperazine rings is 1. The minimum absolute atomic E-state index is 0.0901. The number of ether oxygens (including phenoxy) is 1. The van der Waals surface area contributed by atoms with Gasteiger partial charge in [-0.05, 0) is 26.3 Å². The standard InChI is InChI=1S/C22H35N3O4/c1-3-4-5-10-20(26)29-17(15-24-13-11-23(2)12-14-24)16-25-21(27)18-8-6-7-9-19(18)22(25)28/h6-7,17,27-28H,3-5,8-16H2,1-2H3. The number of aromatic nitrogens is 1. The molecule has 7 heteroatoms. The molecule has 1 aliphatic carbocycles. The molecule has 3 rings (SSSR count). The maximum absolute atomic E-state index is 12.4.